The lowest BCUT2D eigenvalue weighted by Crippen LogP contribution is -2.40. The summed E-state index contributed by atoms with van der Waals surface area (Å²) in [6, 6.07) is -0.748. The van der Waals surface area contributed by atoms with Gasteiger partial charge < -0.3 is 0 Å². The molecular formula is C4H10F3NO2S. The average Bonchev–Trinajstić information content (AvgIpc) is 1.56. The molecule has 0 atom stereocenters. The third-order valence-corrected chi connectivity index (χ3v) is 2.09. The van der Waals surface area contributed by atoms with Crippen molar-refractivity contribution in [2.45, 2.75) is 25.4 Å². The summed E-state index contributed by atoms with van der Waals surface area (Å²) in [5.41, 5.74) is -5.21. The van der Waals surface area contributed by atoms with Crippen molar-refractivity contribution in [2.75, 3.05) is 0 Å². The smallest absolute Gasteiger partial charge is 0.205 e. The van der Waals surface area contributed by atoms with E-state index >= 15 is 0 Å². The highest BCUT2D eigenvalue weighted by Crippen LogP contribution is 2.21. The third kappa shape index (κ3) is 3.06. The number of nitrogens with one attached hydrogen (secondary N) is 1. The highest BCUT2D eigenvalue weighted by molar-refractivity contribution is 7.90. The molecule has 3 nitrogen and oxygen atoms in total. The standard InChI is InChI=1S/C4H8F3NO2S.H2/c1-3(2)8-11(9,10)4(5,6)7;/h3,8H,1-2H3;1H. The summed E-state index contributed by atoms with van der Waals surface area (Å²) in [6.45, 7) is 2.62. The molecule has 0 heterocycles. The molecule has 0 fully saturated rings. The van der Waals surface area contributed by atoms with E-state index in [1.807, 2.05) is 0 Å². The molecule has 0 aromatic carbocycles. The first-order valence-corrected chi connectivity index (χ1v) is 4.24. The zero-order chi connectivity index (χ0) is 9.28. The Balaban J connectivity index is 0. The second-order valence-corrected chi connectivity index (χ2v) is 3.93. The number of sulfonamides is 1. The Morgan fingerprint density at radius 3 is 1.82 bits per heavy atom. The molecule has 0 aliphatic rings. The van der Waals surface area contributed by atoms with Gasteiger partial charge in [0.1, 0.15) is 0 Å². The van der Waals surface area contributed by atoms with E-state index < -0.39 is 21.6 Å². The zero-order valence-electron chi connectivity index (χ0n) is 5.94. The molecule has 0 unspecified atom stereocenters. The third-order valence-electron chi connectivity index (χ3n) is 0.696. The number of alkyl halides is 3. The van der Waals surface area contributed by atoms with Crippen LogP contribution >= 0.6 is 0 Å². The lowest BCUT2D eigenvalue weighted by atomic mass is 10.4. The fourth-order valence-corrected chi connectivity index (χ4v) is 1.13. The van der Waals surface area contributed by atoms with Crippen LogP contribution in [-0.2, 0) is 10.0 Å². The van der Waals surface area contributed by atoms with Crippen LogP contribution in [0.15, 0.2) is 0 Å². The van der Waals surface area contributed by atoms with E-state index in [4.69, 9.17) is 0 Å². The van der Waals surface area contributed by atoms with Crippen LogP contribution < -0.4 is 4.72 Å². The molecule has 11 heavy (non-hydrogen) atoms. The molecule has 0 saturated carbocycles. The van der Waals surface area contributed by atoms with Crippen LogP contribution in [0.2, 0.25) is 0 Å². The molecule has 1 N–H and O–H groups in total. The van der Waals surface area contributed by atoms with Crippen molar-refractivity contribution in [3.05, 3.63) is 0 Å². The Morgan fingerprint density at radius 1 is 1.36 bits per heavy atom. The van der Waals surface area contributed by atoms with Gasteiger partial charge in [-0.3, -0.25) is 0 Å². The van der Waals surface area contributed by atoms with Crippen molar-refractivity contribution in [1.29, 1.82) is 0 Å². The quantitative estimate of drug-likeness (QED) is 0.713. The summed E-state index contributed by atoms with van der Waals surface area (Å²) in [7, 11) is -5.15. The minimum absolute atomic E-state index is 0. The molecule has 0 aliphatic carbocycles. The second kappa shape index (κ2) is 2.98. The van der Waals surface area contributed by atoms with Gasteiger partial charge in [-0.2, -0.15) is 13.2 Å². The summed E-state index contributed by atoms with van der Waals surface area (Å²) in [4.78, 5) is 0. The molecule has 0 aliphatic heterocycles. The predicted octanol–water partition coefficient (Wildman–Crippen LogP) is 1.08. The summed E-state index contributed by atoms with van der Waals surface area (Å²) in [6.07, 6.45) is 0. The maximum absolute atomic E-state index is 11.5. The molecule has 0 aromatic heterocycles. The van der Waals surface area contributed by atoms with E-state index in [9.17, 15) is 21.6 Å². The Labute approximate surface area is 64.1 Å². The van der Waals surface area contributed by atoms with Crippen LogP contribution in [0.4, 0.5) is 13.2 Å². The van der Waals surface area contributed by atoms with Gasteiger partial charge in [0.2, 0.25) is 0 Å². The minimum atomic E-state index is -5.21. The van der Waals surface area contributed by atoms with Gasteiger partial charge in [-0.05, 0) is 13.8 Å². The maximum atomic E-state index is 11.5. The first-order valence-electron chi connectivity index (χ1n) is 2.75. The predicted molar refractivity (Wildman–Crippen MR) is 35.4 cm³/mol. The van der Waals surface area contributed by atoms with Crippen LogP contribution in [0.3, 0.4) is 0 Å². The van der Waals surface area contributed by atoms with Crippen molar-refractivity contribution in [2.24, 2.45) is 0 Å². The fraction of sp³-hybridized carbons (Fsp3) is 1.00. The molecule has 70 valence electrons. The molecule has 7 heteroatoms. The van der Waals surface area contributed by atoms with E-state index in [1.165, 1.54) is 18.6 Å². The molecule has 0 amide bonds. The van der Waals surface area contributed by atoms with E-state index in [0.717, 1.165) is 0 Å². The monoisotopic (exact) mass is 193 g/mol. The van der Waals surface area contributed by atoms with Gasteiger partial charge in [-0.1, -0.05) is 0 Å². The molecule has 0 spiro atoms. The summed E-state index contributed by atoms with van der Waals surface area (Å²) >= 11 is 0. The van der Waals surface area contributed by atoms with Crippen molar-refractivity contribution < 1.29 is 23.0 Å². The Morgan fingerprint density at radius 2 is 1.73 bits per heavy atom. The van der Waals surface area contributed by atoms with Crippen LogP contribution in [0.25, 0.3) is 0 Å². The van der Waals surface area contributed by atoms with Crippen LogP contribution in [0.5, 0.6) is 0 Å². The average molecular weight is 193 g/mol. The lowest BCUT2D eigenvalue weighted by Gasteiger charge is -2.11. The fourth-order valence-electron chi connectivity index (χ4n) is 0.377. The zero-order valence-corrected chi connectivity index (χ0v) is 6.75. The van der Waals surface area contributed by atoms with Crippen molar-refractivity contribution >= 4 is 10.0 Å². The summed E-state index contributed by atoms with van der Waals surface area (Å²) in [5.74, 6) is 0. The molecule has 0 rings (SSSR count). The van der Waals surface area contributed by atoms with Gasteiger partial charge in [0.05, 0.1) is 0 Å². The van der Waals surface area contributed by atoms with Crippen molar-refractivity contribution in [1.82, 2.24) is 4.72 Å². The number of hydrogen-bond donors (Lipinski definition) is 1. The SMILES string of the molecule is CC(C)NS(=O)(=O)C(F)(F)F.[HH]. The second-order valence-electron chi connectivity index (χ2n) is 2.22. The molecule has 0 bridgehead atoms. The van der Waals surface area contributed by atoms with E-state index in [0.29, 0.717) is 0 Å². The van der Waals surface area contributed by atoms with Crippen molar-refractivity contribution in [3.8, 4) is 0 Å². The summed E-state index contributed by atoms with van der Waals surface area (Å²) in [5, 5.41) is 0. The largest absolute Gasteiger partial charge is 0.511 e. The number of hydrogen-bond acceptors (Lipinski definition) is 2. The highest BCUT2D eigenvalue weighted by atomic mass is 32.2. The van der Waals surface area contributed by atoms with Gasteiger partial charge in [0.15, 0.2) is 0 Å². The minimum Gasteiger partial charge on any atom is -0.205 e. The molecule has 0 radical (unpaired) electrons. The first-order chi connectivity index (χ1) is 4.67. The normalized spacial score (nSPS) is 14.0. The van der Waals surface area contributed by atoms with E-state index in [2.05, 4.69) is 0 Å². The Bertz CT molecular complexity index is 223. The lowest BCUT2D eigenvalue weighted by molar-refractivity contribution is -0.0450. The van der Waals surface area contributed by atoms with E-state index in [-0.39, 0.29) is 1.43 Å². The highest BCUT2D eigenvalue weighted by Gasteiger charge is 2.45. The topological polar surface area (TPSA) is 46.2 Å². The van der Waals surface area contributed by atoms with Gasteiger partial charge >= 0.3 is 15.5 Å². The van der Waals surface area contributed by atoms with E-state index in [1.54, 1.807) is 0 Å². The van der Waals surface area contributed by atoms with Crippen LogP contribution in [-0.4, -0.2) is 20.0 Å². The molecule has 0 saturated heterocycles. The summed E-state index contributed by atoms with van der Waals surface area (Å²) < 4.78 is 56.5. The van der Waals surface area contributed by atoms with Crippen LogP contribution in [0.1, 0.15) is 15.3 Å². The molecule has 0 aromatic rings. The van der Waals surface area contributed by atoms with Gasteiger partial charge in [-0.25, -0.2) is 13.1 Å². The van der Waals surface area contributed by atoms with Gasteiger partial charge in [-0.15, -0.1) is 0 Å². The maximum Gasteiger partial charge on any atom is 0.511 e. The Hall–Kier alpha value is -0.300. The first kappa shape index (κ1) is 10.7. The van der Waals surface area contributed by atoms with Gasteiger partial charge in [0.25, 0.3) is 0 Å². The molecular weight excluding hydrogens is 183 g/mol. The number of rotatable bonds is 2. The van der Waals surface area contributed by atoms with Crippen molar-refractivity contribution in [3.63, 3.8) is 0 Å². The number of halogens is 3. The van der Waals surface area contributed by atoms with Gasteiger partial charge in [0, 0.05) is 7.47 Å². The Kier molecular flexibility index (Phi) is 2.90. The van der Waals surface area contributed by atoms with Crippen LogP contribution in [0, 0.1) is 0 Å².